The standard InChI is InChI=1S/C23H21N3O4S/c1-13(2)30-17-11-9-16(10-12-17)20(27)18-19(15-7-5-4-6-8-15)26(22(29)21(18)28)23-25-24-14(3)31-23/h4-13,19,27H,1-3H3/t19-/m1/s1. The molecule has 0 spiro atoms. The van der Waals surface area contributed by atoms with Crippen molar-refractivity contribution in [2.24, 2.45) is 0 Å². The van der Waals surface area contributed by atoms with E-state index in [1.807, 2.05) is 44.2 Å². The van der Waals surface area contributed by atoms with Gasteiger partial charge in [-0.05, 0) is 50.6 Å². The predicted molar refractivity (Wildman–Crippen MR) is 118 cm³/mol. The summed E-state index contributed by atoms with van der Waals surface area (Å²) < 4.78 is 5.64. The largest absolute Gasteiger partial charge is 0.507 e. The number of aryl methyl sites for hydroxylation is 1. The second-order valence-corrected chi connectivity index (χ2v) is 8.53. The number of carbonyl (C=O) groups is 2. The van der Waals surface area contributed by atoms with Gasteiger partial charge in [-0.25, -0.2) is 0 Å². The minimum Gasteiger partial charge on any atom is -0.507 e. The molecule has 0 aliphatic carbocycles. The Morgan fingerprint density at radius 1 is 1.06 bits per heavy atom. The van der Waals surface area contributed by atoms with E-state index >= 15 is 0 Å². The molecule has 158 valence electrons. The number of Topliss-reactive ketones (excluding diaryl/α,β-unsaturated/α-hetero) is 1. The van der Waals surface area contributed by atoms with Gasteiger partial charge in [-0.2, -0.15) is 0 Å². The van der Waals surface area contributed by atoms with Gasteiger partial charge in [-0.3, -0.25) is 14.5 Å². The number of carbonyl (C=O) groups excluding carboxylic acids is 2. The summed E-state index contributed by atoms with van der Waals surface area (Å²) in [6.45, 7) is 5.62. The van der Waals surface area contributed by atoms with E-state index in [1.165, 1.54) is 16.2 Å². The molecule has 1 aliphatic rings. The molecule has 3 aromatic rings. The van der Waals surface area contributed by atoms with Crippen LogP contribution in [0, 0.1) is 6.92 Å². The molecule has 1 amide bonds. The van der Waals surface area contributed by atoms with Gasteiger partial charge < -0.3 is 9.84 Å². The van der Waals surface area contributed by atoms with E-state index < -0.39 is 17.7 Å². The first-order valence-electron chi connectivity index (χ1n) is 9.80. The lowest BCUT2D eigenvalue weighted by Gasteiger charge is -2.22. The zero-order valence-electron chi connectivity index (χ0n) is 17.3. The number of hydrogen-bond acceptors (Lipinski definition) is 7. The van der Waals surface area contributed by atoms with Gasteiger partial charge in [0.05, 0.1) is 17.7 Å². The molecule has 1 N–H and O–H groups in total. The van der Waals surface area contributed by atoms with Crippen LogP contribution in [0.1, 0.15) is 36.0 Å². The molecule has 0 bridgehead atoms. The predicted octanol–water partition coefficient (Wildman–Crippen LogP) is 4.26. The van der Waals surface area contributed by atoms with E-state index in [4.69, 9.17) is 4.74 Å². The fourth-order valence-corrected chi connectivity index (χ4v) is 4.20. The zero-order chi connectivity index (χ0) is 22.1. The number of ether oxygens (including phenoxy) is 1. The zero-order valence-corrected chi connectivity index (χ0v) is 18.1. The molecule has 0 radical (unpaired) electrons. The van der Waals surface area contributed by atoms with Crippen LogP contribution in [0.3, 0.4) is 0 Å². The van der Waals surface area contributed by atoms with Gasteiger partial charge in [0.25, 0.3) is 5.78 Å². The van der Waals surface area contributed by atoms with Crippen molar-refractivity contribution in [3.63, 3.8) is 0 Å². The van der Waals surface area contributed by atoms with E-state index in [0.717, 1.165) is 0 Å². The number of aliphatic hydroxyl groups is 1. The lowest BCUT2D eigenvalue weighted by atomic mass is 9.95. The van der Waals surface area contributed by atoms with Gasteiger partial charge in [0.15, 0.2) is 0 Å². The Kier molecular flexibility index (Phi) is 5.56. The van der Waals surface area contributed by atoms with Crippen molar-refractivity contribution in [2.45, 2.75) is 32.9 Å². The summed E-state index contributed by atoms with van der Waals surface area (Å²) in [6, 6.07) is 15.1. The average molecular weight is 436 g/mol. The van der Waals surface area contributed by atoms with Gasteiger partial charge in [0.1, 0.15) is 16.5 Å². The first-order chi connectivity index (χ1) is 14.9. The molecular weight excluding hydrogens is 414 g/mol. The van der Waals surface area contributed by atoms with Crippen LogP contribution in [0.15, 0.2) is 60.2 Å². The Morgan fingerprint density at radius 3 is 2.32 bits per heavy atom. The number of aliphatic hydroxyl groups excluding tert-OH is 1. The maximum atomic E-state index is 13.0. The third-order valence-electron chi connectivity index (χ3n) is 4.78. The monoisotopic (exact) mass is 435 g/mol. The molecular formula is C23H21N3O4S. The Bertz CT molecular complexity index is 1150. The molecule has 0 unspecified atom stereocenters. The van der Waals surface area contributed by atoms with Crippen molar-refractivity contribution < 1.29 is 19.4 Å². The van der Waals surface area contributed by atoms with E-state index in [-0.39, 0.29) is 17.4 Å². The van der Waals surface area contributed by atoms with Crippen molar-refractivity contribution in [3.8, 4) is 5.75 Å². The highest BCUT2D eigenvalue weighted by Gasteiger charge is 2.48. The van der Waals surface area contributed by atoms with Gasteiger partial charge in [0.2, 0.25) is 5.13 Å². The topological polar surface area (TPSA) is 92.6 Å². The summed E-state index contributed by atoms with van der Waals surface area (Å²) in [4.78, 5) is 27.3. The number of benzene rings is 2. The number of anilines is 1. The summed E-state index contributed by atoms with van der Waals surface area (Å²) >= 11 is 1.22. The van der Waals surface area contributed by atoms with E-state index in [1.54, 1.807) is 31.2 Å². The van der Waals surface area contributed by atoms with E-state index in [0.29, 0.717) is 27.0 Å². The molecule has 1 fully saturated rings. The average Bonchev–Trinajstić information content (AvgIpc) is 3.29. The molecule has 1 atom stereocenters. The highest BCUT2D eigenvalue weighted by molar-refractivity contribution is 7.15. The van der Waals surface area contributed by atoms with Crippen molar-refractivity contribution >= 4 is 33.9 Å². The van der Waals surface area contributed by atoms with E-state index in [9.17, 15) is 14.7 Å². The molecule has 7 nitrogen and oxygen atoms in total. The summed E-state index contributed by atoms with van der Waals surface area (Å²) in [7, 11) is 0. The van der Waals surface area contributed by atoms with Crippen LogP contribution in [0.25, 0.3) is 5.76 Å². The number of amides is 1. The van der Waals surface area contributed by atoms with Crippen molar-refractivity contribution in [1.82, 2.24) is 10.2 Å². The lowest BCUT2D eigenvalue weighted by molar-refractivity contribution is -0.132. The Hall–Kier alpha value is -3.52. The second kappa shape index (κ2) is 8.31. The van der Waals surface area contributed by atoms with Crippen molar-refractivity contribution in [1.29, 1.82) is 0 Å². The third kappa shape index (κ3) is 3.94. The maximum Gasteiger partial charge on any atom is 0.301 e. The fourth-order valence-electron chi connectivity index (χ4n) is 3.48. The lowest BCUT2D eigenvalue weighted by Crippen LogP contribution is -2.29. The Morgan fingerprint density at radius 2 is 1.74 bits per heavy atom. The number of ketones is 1. The highest BCUT2D eigenvalue weighted by Crippen LogP contribution is 2.42. The normalized spacial score (nSPS) is 18.1. The molecule has 1 aliphatic heterocycles. The number of aromatic nitrogens is 2. The first-order valence-corrected chi connectivity index (χ1v) is 10.6. The van der Waals surface area contributed by atoms with Crippen LogP contribution >= 0.6 is 11.3 Å². The van der Waals surface area contributed by atoms with Crippen molar-refractivity contribution in [3.05, 3.63) is 76.3 Å². The van der Waals surface area contributed by atoms with E-state index in [2.05, 4.69) is 10.2 Å². The Labute approximate surface area is 183 Å². The molecule has 1 saturated heterocycles. The highest BCUT2D eigenvalue weighted by atomic mass is 32.1. The van der Waals surface area contributed by atoms with Crippen LogP contribution in [-0.2, 0) is 9.59 Å². The molecule has 2 aromatic carbocycles. The van der Waals surface area contributed by atoms with Crippen LogP contribution in [0.4, 0.5) is 5.13 Å². The fraction of sp³-hybridized carbons (Fsp3) is 0.217. The van der Waals surface area contributed by atoms with Gasteiger partial charge in [-0.1, -0.05) is 41.7 Å². The first kappa shape index (κ1) is 20.7. The molecule has 31 heavy (non-hydrogen) atoms. The van der Waals surface area contributed by atoms with Crippen LogP contribution in [0.5, 0.6) is 5.75 Å². The SMILES string of the molecule is Cc1nnc(N2C(=O)C(=O)C(=C(O)c3ccc(OC(C)C)cc3)[C@H]2c2ccccc2)s1. The van der Waals surface area contributed by atoms with Crippen molar-refractivity contribution in [2.75, 3.05) is 4.90 Å². The van der Waals surface area contributed by atoms with Crippen LogP contribution < -0.4 is 9.64 Å². The third-order valence-corrected chi connectivity index (χ3v) is 5.62. The maximum absolute atomic E-state index is 13.0. The van der Waals surface area contributed by atoms with Crippen LogP contribution in [-0.4, -0.2) is 33.1 Å². The molecule has 2 heterocycles. The Balaban J connectivity index is 1.84. The number of nitrogens with zero attached hydrogens (tertiary/aromatic N) is 3. The molecule has 4 rings (SSSR count). The molecule has 1 aromatic heterocycles. The number of rotatable bonds is 5. The van der Waals surface area contributed by atoms with Gasteiger partial charge in [0, 0.05) is 5.56 Å². The smallest absolute Gasteiger partial charge is 0.301 e. The molecule has 8 heteroatoms. The van der Waals surface area contributed by atoms with Crippen LogP contribution in [0.2, 0.25) is 0 Å². The minimum atomic E-state index is -0.805. The summed E-state index contributed by atoms with van der Waals surface area (Å²) in [5.41, 5.74) is 1.13. The van der Waals surface area contributed by atoms with Gasteiger partial charge in [-0.15, -0.1) is 10.2 Å². The second-order valence-electron chi connectivity index (χ2n) is 7.37. The minimum absolute atomic E-state index is 0.0122. The quantitative estimate of drug-likeness (QED) is 0.366. The number of hydrogen-bond donors (Lipinski definition) is 1. The summed E-state index contributed by atoms with van der Waals surface area (Å²) in [5, 5.41) is 20.1. The molecule has 0 saturated carbocycles. The summed E-state index contributed by atoms with van der Waals surface area (Å²) in [6.07, 6.45) is 0.0122. The summed E-state index contributed by atoms with van der Waals surface area (Å²) in [5.74, 6) is -1.10. The van der Waals surface area contributed by atoms with Gasteiger partial charge >= 0.3 is 5.91 Å².